The van der Waals surface area contributed by atoms with Crippen molar-refractivity contribution in [1.29, 1.82) is 0 Å². The number of alkyl carbamates (subject to hydrolysis) is 1. The monoisotopic (exact) mass is 860 g/mol. The van der Waals surface area contributed by atoms with Gasteiger partial charge in [-0.25, -0.2) is 27.2 Å². The molecule has 2 N–H and O–H groups in total. The largest absolute Gasteiger partial charge is 0.460 e. The first-order chi connectivity index (χ1) is 27.8. The van der Waals surface area contributed by atoms with Crippen molar-refractivity contribution in [2.45, 2.75) is 122 Å². The Bertz CT molecular complexity index is 2070. The van der Waals surface area contributed by atoms with Gasteiger partial charge in [0.05, 0.1) is 42.1 Å². The number of carbonyl (C=O) groups is 7. The van der Waals surface area contributed by atoms with E-state index in [1.54, 1.807) is 47.6 Å². The number of esters is 2. The summed E-state index contributed by atoms with van der Waals surface area (Å²) in [5, 5.41) is 1.44. The van der Waals surface area contributed by atoms with Gasteiger partial charge in [-0.05, 0) is 78.4 Å². The molecule has 5 rings (SSSR count). The summed E-state index contributed by atoms with van der Waals surface area (Å²) in [6.45, 7) is 15.7. The molecule has 4 amide bonds. The number of likely N-dealkylation sites (tertiary alicyclic amines) is 1. The second-order valence-electron chi connectivity index (χ2n) is 17.7. The lowest BCUT2D eigenvalue weighted by Gasteiger charge is -2.29. The molecule has 5 atom stereocenters. The van der Waals surface area contributed by atoms with Gasteiger partial charge in [0.2, 0.25) is 21.8 Å². The van der Waals surface area contributed by atoms with Crippen LogP contribution in [0.15, 0.2) is 43.1 Å². The van der Waals surface area contributed by atoms with Crippen LogP contribution in [-0.4, -0.2) is 102 Å². The first-order valence-corrected chi connectivity index (χ1v) is 21.2. The lowest BCUT2D eigenvalue weighted by molar-refractivity contribution is -0.161. The average molecular weight is 861 g/mol. The molecule has 0 bridgehead atoms. The van der Waals surface area contributed by atoms with Crippen LogP contribution in [0.5, 0.6) is 0 Å². The van der Waals surface area contributed by atoms with Crippen LogP contribution in [0.2, 0.25) is 0 Å². The third kappa shape index (κ3) is 11.3. The topological polar surface area (TPSA) is 221 Å². The van der Waals surface area contributed by atoms with E-state index in [0.29, 0.717) is 24.0 Å². The summed E-state index contributed by atoms with van der Waals surface area (Å²) in [6.07, 6.45) is -2.01. The van der Waals surface area contributed by atoms with Gasteiger partial charge in [-0.2, -0.15) is 0 Å². The number of benzene rings is 1. The molecule has 2 saturated carbocycles. The van der Waals surface area contributed by atoms with E-state index < -0.39 is 129 Å². The summed E-state index contributed by atoms with van der Waals surface area (Å²) in [5.41, 5.74) is -3.00. The standard InChI is InChI=1S/C41H53FN4O13S/c1-9-26-17-41(26,36(51)44-60(54,55)28-13-14-28)18-32(47)31-16-27(57-38(53)45-19-24-11-10-12-30(42)29(24)21-45)20-46(31)34(49)25(15-33(48)58-39(3,4)5)22-56-35(50)23(2)43-37(52)59-40(6,7)8/h9-12,25-28,31H,1-2,13-22H2,3-8H3,(H,43,52)(H,44,51)/t25-,26+,27+,31-,41+/m0/s1. The van der Waals surface area contributed by atoms with Gasteiger partial charge in [0, 0.05) is 24.9 Å². The highest BCUT2D eigenvalue weighted by molar-refractivity contribution is 7.90. The van der Waals surface area contributed by atoms with Crippen molar-refractivity contribution in [3.05, 3.63) is 60.1 Å². The molecular formula is C41H53FN4O13S. The number of sulfonamides is 1. The number of Topliss-reactive ketones (excluding diaryl/α,β-unsaturated/α-hetero) is 1. The normalized spacial score (nSPS) is 22.8. The van der Waals surface area contributed by atoms with E-state index in [-0.39, 0.29) is 32.5 Å². The van der Waals surface area contributed by atoms with Gasteiger partial charge in [-0.1, -0.05) is 24.8 Å². The lowest BCUT2D eigenvalue weighted by atomic mass is 9.91. The van der Waals surface area contributed by atoms with Crippen molar-refractivity contribution in [3.63, 3.8) is 0 Å². The van der Waals surface area contributed by atoms with E-state index in [1.807, 2.05) is 0 Å². The minimum Gasteiger partial charge on any atom is -0.460 e. The molecule has 328 valence electrons. The maximum absolute atomic E-state index is 14.6. The number of fused-ring (bicyclic) bond motifs is 1. The van der Waals surface area contributed by atoms with Crippen molar-refractivity contribution in [1.82, 2.24) is 19.8 Å². The smallest absolute Gasteiger partial charge is 0.412 e. The Morgan fingerprint density at radius 3 is 2.27 bits per heavy atom. The van der Waals surface area contributed by atoms with Crippen molar-refractivity contribution in [2.75, 3.05) is 13.2 Å². The van der Waals surface area contributed by atoms with Gasteiger partial charge in [-0.3, -0.25) is 34.1 Å². The van der Waals surface area contributed by atoms with Crippen molar-refractivity contribution in [3.8, 4) is 0 Å². The third-order valence-electron chi connectivity index (χ3n) is 10.4. The van der Waals surface area contributed by atoms with E-state index in [1.165, 1.54) is 23.1 Å². The number of nitrogens with one attached hydrogen (secondary N) is 2. The highest BCUT2D eigenvalue weighted by Crippen LogP contribution is 2.57. The van der Waals surface area contributed by atoms with Crippen LogP contribution in [-0.2, 0) is 66.0 Å². The Kier molecular flexibility index (Phi) is 13.2. The van der Waals surface area contributed by atoms with E-state index in [4.69, 9.17) is 18.9 Å². The maximum atomic E-state index is 14.6. The number of hydrogen-bond donors (Lipinski definition) is 2. The molecule has 17 nitrogen and oxygen atoms in total. The van der Waals surface area contributed by atoms with Crippen molar-refractivity contribution >= 4 is 51.7 Å². The van der Waals surface area contributed by atoms with Crippen LogP contribution in [0.4, 0.5) is 14.0 Å². The number of allylic oxidation sites excluding steroid dienone is 1. The number of ether oxygens (including phenoxy) is 4. The molecule has 2 heterocycles. The predicted molar refractivity (Wildman–Crippen MR) is 210 cm³/mol. The molecule has 3 fully saturated rings. The number of halogens is 1. The zero-order valence-corrected chi connectivity index (χ0v) is 35.5. The molecule has 19 heteroatoms. The van der Waals surface area contributed by atoms with Crippen LogP contribution < -0.4 is 10.0 Å². The molecule has 2 aliphatic heterocycles. The van der Waals surface area contributed by atoms with Crippen molar-refractivity contribution < 1.29 is 65.3 Å². The minimum absolute atomic E-state index is 0.0470. The van der Waals surface area contributed by atoms with Gasteiger partial charge >= 0.3 is 24.1 Å². The van der Waals surface area contributed by atoms with Crippen LogP contribution in [0.3, 0.4) is 0 Å². The Labute approximate surface area is 348 Å². The molecule has 60 heavy (non-hydrogen) atoms. The van der Waals surface area contributed by atoms with Crippen LogP contribution in [0, 0.1) is 23.1 Å². The Morgan fingerprint density at radius 1 is 1.02 bits per heavy atom. The Hall–Kier alpha value is -5.33. The van der Waals surface area contributed by atoms with Gasteiger partial charge in [0.15, 0.2) is 5.78 Å². The van der Waals surface area contributed by atoms with Crippen LogP contribution in [0.1, 0.15) is 91.2 Å². The number of rotatable bonds is 15. The molecule has 4 aliphatic rings. The minimum atomic E-state index is -3.98. The highest BCUT2D eigenvalue weighted by Gasteiger charge is 2.61. The maximum Gasteiger partial charge on any atom is 0.412 e. The van der Waals surface area contributed by atoms with Gasteiger partial charge in [0.1, 0.15) is 35.4 Å². The number of nitrogens with zero attached hydrogens (tertiary/aromatic N) is 2. The van der Waals surface area contributed by atoms with Crippen LogP contribution in [0.25, 0.3) is 0 Å². The fourth-order valence-electron chi connectivity index (χ4n) is 7.24. The fourth-order valence-corrected chi connectivity index (χ4v) is 8.63. The van der Waals surface area contributed by atoms with Crippen molar-refractivity contribution in [2.24, 2.45) is 17.3 Å². The van der Waals surface area contributed by atoms with Crippen LogP contribution >= 0.6 is 0 Å². The Balaban J connectivity index is 1.39. The number of ketones is 1. The summed E-state index contributed by atoms with van der Waals surface area (Å²) in [6, 6.07) is 3.10. The van der Waals surface area contributed by atoms with Gasteiger partial charge < -0.3 is 23.8 Å². The zero-order chi connectivity index (χ0) is 44.5. The summed E-state index contributed by atoms with van der Waals surface area (Å²) in [4.78, 5) is 96.6. The van der Waals surface area contributed by atoms with E-state index in [9.17, 15) is 46.4 Å². The molecule has 0 aromatic heterocycles. The molecule has 0 unspecified atom stereocenters. The fraction of sp³-hybridized carbons (Fsp3) is 0.585. The molecule has 0 spiro atoms. The summed E-state index contributed by atoms with van der Waals surface area (Å²) >= 11 is 0. The zero-order valence-electron chi connectivity index (χ0n) is 34.7. The molecule has 1 aromatic carbocycles. The van der Waals surface area contributed by atoms with E-state index >= 15 is 0 Å². The number of carbonyl (C=O) groups excluding carboxylic acids is 7. The third-order valence-corrected chi connectivity index (χ3v) is 12.2. The number of amides is 4. The first kappa shape index (κ1) is 45.7. The van der Waals surface area contributed by atoms with E-state index in [2.05, 4.69) is 23.2 Å². The molecule has 2 aliphatic carbocycles. The summed E-state index contributed by atoms with van der Waals surface area (Å²) in [5.74, 6) is -6.97. The number of hydrogen-bond acceptors (Lipinski definition) is 13. The SMILES string of the molecule is C=C[C@@H]1C[C@]1(CC(=O)[C@@H]1C[C@@H](OC(=O)N2Cc3cccc(F)c3C2)CN1C(=O)[C@H](COC(=O)C(=C)NC(=O)OC(C)(C)C)CC(=O)OC(C)(C)C)C(=O)NS(=O)(=O)C1CC1. The Morgan fingerprint density at radius 2 is 1.68 bits per heavy atom. The second-order valence-corrected chi connectivity index (χ2v) is 19.7. The van der Waals surface area contributed by atoms with Gasteiger partial charge in [-0.15, -0.1) is 6.58 Å². The summed E-state index contributed by atoms with van der Waals surface area (Å²) in [7, 11) is -3.98. The predicted octanol–water partition coefficient (Wildman–Crippen LogP) is 3.94. The molecular weight excluding hydrogens is 808 g/mol. The first-order valence-electron chi connectivity index (χ1n) is 19.6. The van der Waals surface area contributed by atoms with Gasteiger partial charge in [0.25, 0.3) is 0 Å². The second kappa shape index (κ2) is 17.3. The lowest BCUT2D eigenvalue weighted by Crippen LogP contribution is -2.47. The van der Waals surface area contributed by atoms with E-state index in [0.717, 1.165) is 4.90 Å². The summed E-state index contributed by atoms with van der Waals surface area (Å²) < 4.78 is 63.8. The molecule has 0 radical (unpaired) electrons. The average Bonchev–Trinajstić information content (AvgIpc) is 4.02. The quantitative estimate of drug-likeness (QED) is 0.111. The molecule has 1 aromatic rings. The highest BCUT2D eigenvalue weighted by atomic mass is 32.2. The molecule has 1 saturated heterocycles.